The minimum atomic E-state index is 0.253. The molecule has 0 radical (unpaired) electrons. The van der Waals surface area contributed by atoms with Crippen molar-refractivity contribution < 1.29 is 4.79 Å². The molecule has 0 atom stereocenters. The fourth-order valence-electron chi connectivity index (χ4n) is 2.45. The highest BCUT2D eigenvalue weighted by atomic mass is 32.1. The summed E-state index contributed by atoms with van der Waals surface area (Å²) in [6, 6.07) is 0. The van der Waals surface area contributed by atoms with Gasteiger partial charge in [-0.15, -0.1) is 0 Å². The van der Waals surface area contributed by atoms with E-state index in [-0.39, 0.29) is 5.91 Å². The number of carbonyl (C=O) groups is 1. The van der Waals surface area contributed by atoms with E-state index in [9.17, 15) is 4.79 Å². The van der Waals surface area contributed by atoms with Crippen molar-refractivity contribution in [2.45, 2.75) is 39.5 Å². The quantitative estimate of drug-likeness (QED) is 0.722. The molecule has 0 aliphatic carbocycles. The van der Waals surface area contributed by atoms with Crippen molar-refractivity contribution in [1.82, 2.24) is 9.80 Å². The Kier molecular flexibility index (Phi) is 7.31. The maximum Gasteiger partial charge on any atom is 0.236 e. The van der Waals surface area contributed by atoms with E-state index in [1.54, 1.807) is 0 Å². The SMILES string of the molecule is CC(C)CN(CCC(N)=S)CC(=O)N1CCCCC1. The van der Waals surface area contributed by atoms with E-state index in [1.807, 2.05) is 4.90 Å². The Labute approximate surface area is 122 Å². The summed E-state index contributed by atoms with van der Waals surface area (Å²) in [5.41, 5.74) is 5.55. The zero-order valence-electron chi connectivity index (χ0n) is 12.2. The maximum absolute atomic E-state index is 12.3. The summed E-state index contributed by atoms with van der Waals surface area (Å²) in [4.78, 5) is 17.0. The summed E-state index contributed by atoms with van der Waals surface area (Å²) in [7, 11) is 0. The van der Waals surface area contributed by atoms with Crippen molar-refractivity contribution in [3.05, 3.63) is 0 Å². The lowest BCUT2D eigenvalue weighted by atomic mass is 10.1. The van der Waals surface area contributed by atoms with Crippen molar-refractivity contribution in [2.75, 3.05) is 32.7 Å². The molecule has 0 bridgehead atoms. The molecule has 1 amide bonds. The molecule has 1 fully saturated rings. The van der Waals surface area contributed by atoms with Crippen LogP contribution in [0.2, 0.25) is 0 Å². The van der Waals surface area contributed by atoms with Gasteiger partial charge in [-0.2, -0.15) is 0 Å². The van der Waals surface area contributed by atoms with Crippen LogP contribution >= 0.6 is 12.2 Å². The van der Waals surface area contributed by atoms with Gasteiger partial charge in [-0.25, -0.2) is 0 Å². The predicted molar refractivity (Wildman–Crippen MR) is 83.1 cm³/mol. The van der Waals surface area contributed by atoms with Crippen LogP contribution < -0.4 is 5.73 Å². The monoisotopic (exact) mass is 285 g/mol. The molecule has 5 heteroatoms. The predicted octanol–water partition coefficient (Wildman–Crippen LogP) is 1.63. The summed E-state index contributed by atoms with van der Waals surface area (Å²) in [6.07, 6.45) is 4.22. The van der Waals surface area contributed by atoms with Crippen LogP contribution in [0.1, 0.15) is 39.5 Å². The fraction of sp³-hybridized carbons (Fsp3) is 0.857. The van der Waals surface area contributed by atoms with Crippen LogP contribution in [0.4, 0.5) is 0 Å². The van der Waals surface area contributed by atoms with Crippen molar-refractivity contribution in [2.24, 2.45) is 11.7 Å². The van der Waals surface area contributed by atoms with E-state index in [4.69, 9.17) is 18.0 Å². The molecule has 0 saturated carbocycles. The largest absolute Gasteiger partial charge is 0.393 e. The minimum Gasteiger partial charge on any atom is -0.393 e. The van der Waals surface area contributed by atoms with Crippen LogP contribution in [0.5, 0.6) is 0 Å². The molecule has 0 spiro atoms. The zero-order valence-corrected chi connectivity index (χ0v) is 13.0. The molecule has 110 valence electrons. The van der Waals surface area contributed by atoms with E-state index in [0.29, 0.717) is 23.9 Å². The summed E-state index contributed by atoms with van der Waals surface area (Å²) in [6.45, 7) is 8.38. The number of carbonyl (C=O) groups excluding carboxylic acids is 1. The van der Waals surface area contributed by atoms with Gasteiger partial charge in [0, 0.05) is 32.6 Å². The molecule has 0 unspecified atom stereocenters. The van der Waals surface area contributed by atoms with Gasteiger partial charge in [0.15, 0.2) is 0 Å². The van der Waals surface area contributed by atoms with Gasteiger partial charge in [-0.1, -0.05) is 26.1 Å². The summed E-state index contributed by atoms with van der Waals surface area (Å²) in [5, 5.41) is 0. The first-order valence-electron chi connectivity index (χ1n) is 7.27. The Morgan fingerprint density at radius 3 is 2.47 bits per heavy atom. The van der Waals surface area contributed by atoms with E-state index >= 15 is 0 Å². The normalized spacial score (nSPS) is 16.1. The first-order chi connectivity index (χ1) is 8.99. The van der Waals surface area contributed by atoms with E-state index in [0.717, 1.165) is 39.0 Å². The second-order valence-electron chi connectivity index (χ2n) is 5.79. The molecule has 0 aromatic rings. The number of nitrogens with zero attached hydrogens (tertiary/aromatic N) is 2. The van der Waals surface area contributed by atoms with Gasteiger partial charge < -0.3 is 10.6 Å². The maximum atomic E-state index is 12.3. The number of nitrogens with two attached hydrogens (primary N) is 1. The Morgan fingerprint density at radius 1 is 1.32 bits per heavy atom. The van der Waals surface area contributed by atoms with Crippen molar-refractivity contribution in [3.8, 4) is 0 Å². The molecule has 1 aliphatic heterocycles. The fourth-order valence-corrected chi connectivity index (χ4v) is 2.55. The number of likely N-dealkylation sites (tertiary alicyclic amines) is 1. The third-order valence-electron chi connectivity index (χ3n) is 3.37. The molecule has 1 saturated heterocycles. The molecule has 1 rings (SSSR count). The average Bonchev–Trinajstić information content (AvgIpc) is 2.36. The Hall–Kier alpha value is -0.680. The van der Waals surface area contributed by atoms with Crippen LogP contribution in [0.3, 0.4) is 0 Å². The van der Waals surface area contributed by atoms with Crippen LogP contribution in [-0.4, -0.2) is 53.4 Å². The molecule has 0 aromatic carbocycles. The highest BCUT2D eigenvalue weighted by molar-refractivity contribution is 7.80. The van der Waals surface area contributed by atoms with Crippen molar-refractivity contribution in [3.63, 3.8) is 0 Å². The molecule has 4 nitrogen and oxygen atoms in total. The van der Waals surface area contributed by atoms with E-state index in [2.05, 4.69) is 18.7 Å². The summed E-state index contributed by atoms with van der Waals surface area (Å²) in [5.74, 6) is 0.795. The smallest absolute Gasteiger partial charge is 0.236 e. The Balaban J connectivity index is 2.44. The summed E-state index contributed by atoms with van der Waals surface area (Å²) >= 11 is 4.92. The lowest BCUT2D eigenvalue weighted by Crippen LogP contribution is -2.44. The first-order valence-corrected chi connectivity index (χ1v) is 7.68. The second-order valence-corrected chi connectivity index (χ2v) is 6.31. The van der Waals surface area contributed by atoms with Crippen LogP contribution in [0, 0.1) is 5.92 Å². The van der Waals surface area contributed by atoms with Gasteiger partial charge in [0.1, 0.15) is 0 Å². The van der Waals surface area contributed by atoms with Gasteiger partial charge >= 0.3 is 0 Å². The molecule has 1 aliphatic rings. The highest BCUT2D eigenvalue weighted by Gasteiger charge is 2.19. The van der Waals surface area contributed by atoms with Crippen LogP contribution in [0.25, 0.3) is 0 Å². The summed E-state index contributed by atoms with van der Waals surface area (Å²) < 4.78 is 0. The van der Waals surface area contributed by atoms with E-state index in [1.165, 1.54) is 6.42 Å². The highest BCUT2D eigenvalue weighted by Crippen LogP contribution is 2.10. The van der Waals surface area contributed by atoms with Gasteiger partial charge in [0.05, 0.1) is 11.5 Å². The van der Waals surface area contributed by atoms with Gasteiger partial charge in [0.25, 0.3) is 0 Å². The molecular weight excluding hydrogens is 258 g/mol. The lowest BCUT2D eigenvalue weighted by molar-refractivity contribution is -0.133. The minimum absolute atomic E-state index is 0.253. The molecule has 0 aromatic heterocycles. The number of rotatable bonds is 7. The number of hydrogen-bond donors (Lipinski definition) is 1. The average molecular weight is 285 g/mol. The van der Waals surface area contributed by atoms with Gasteiger partial charge in [-0.05, 0) is 25.2 Å². The second kappa shape index (κ2) is 8.48. The topological polar surface area (TPSA) is 49.6 Å². The zero-order chi connectivity index (χ0) is 14.3. The first kappa shape index (κ1) is 16.4. The Bertz CT molecular complexity index is 301. The number of piperidine rings is 1. The lowest BCUT2D eigenvalue weighted by Gasteiger charge is -2.30. The standard InChI is InChI=1S/C14H27N3OS/c1-12(2)10-16(9-6-13(15)19)11-14(18)17-7-4-3-5-8-17/h12H,3-11H2,1-2H3,(H2,15,19). The van der Waals surface area contributed by atoms with Crippen LogP contribution in [0.15, 0.2) is 0 Å². The van der Waals surface area contributed by atoms with Crippen molar-refractivity contribution in [1.29, 1.82) is 0 Å². The van der Waals surface area contributed by atoms with Crippen molar-refractivity contribution >= 4 is 23.1 Å². The molecular formula is C14H27N3OS. The van der Waals surface area contributed by atoms with Gasteiger partial charge in [0.2, 0.25) is 5.91 Å². The molecule has 19 heavy (non-hydrogen) atoms. The number of hydrogen-bond acceptors (Lipinski definition) is 3. The van der Waals surface area contributed by atoms with Gasteiger partial charge in [-0.3, -0.25) is 9.69 Å². The Morgan fingerprint density at radius 2 is 1.95 bits per heavy atom. The third-order valence-corrected chi connectivity index (χ3v) is 3.57. The molecule has 1 heterocycles. The number of amides is 1. The molecule has 2 N–H and O–H groups in total. The van der Waals surface area contributed by atoms with Crippen LogP contribution in [-0.2, 0) is 4.79 Å². The van der Waals surface area contributed by atoms with E-state index < -0.39 is 0 Å². The number of thiocarbonyl (C=S) groups is 1. The third kappa shape index (κ3) is 6.87.